The van der Waals surface area contributed by atoms with Gasteiger partial charge in [0, 0.05) is 11.3 Å². The van der Waals surface area contributed by atoms with E-state index in [1.807, 2.05) is 12.1 Å². The first-order chi connectivity index (χ1) is 7.84. The van der Waals surface area contributed by atoms with Crippen molar-refractivity contribution < 1.29 is 4.74 Å². The summed E-state index contributed by atoms with van der Waals surface area (Å²) in [7, 11) is 0. The molecule has 0 aromatic carbocycles. The number of ether oxygens (including phenoxy) is 1. The lowest BCUT2D eigenvalue weighted by Gasteiger charge is -2.03. The molecular formula is C12H14N2OS. The second kappa shape index (κ2) is 5.63. The first kappa shape index (κ1) is 11.1. The van der Waals surface area contributed by atoms with Crippen LogP contribution in [0.2, 0.25) is 0 Å². The third-order valence-electron chi connectivity index (χ3n) is 2.15. The standard InChI is InChI=1S/C12H14N2OS/c13-12-5-1-3-10(14-12)9-15-7-6-11-4-2-8-16-11/h1-5,8H,6-7,9H2,(H2,13,14). The highest BCUT2D eigenvalue weighted by atomic mass is 32.1. The van der Waals surface area contributed by atoms with E-state index in [0.29, 0.717) is 12.4 Å². The van der Waals surface area contributed by atoms with Crippen LogP contribution in [0, 0.1) is 0 Å². The number of nitrogens with two attached hydrogens (primary N) is 1. The van der Waals surface area contributed by atoms with Crippen LogP contribution < -0.4 is 5.73 Å². The molecule has 2 aromatic rings. The SMILES string of the molecule is Nc1cccc(COCCc2cccs2)n1. The predicted octanol–water partition coefficient (Wildman–Crippen LogP) is 2.48. The lowest BCUT2D eigenvalue weighted by molar-refractivity contribution is 0.122. The molecule has 0 saturated heterocycles. The Morgan fingerprint density at radius 1 is 1.25 bits per heavy atom. The number of rotatable bonds is 5. The van der Waals surface area contributed by atoms with Gasteiger partial charge < -0.3 is 10.5 Å². The molecule has 0 spiro atoms. The minimum absolute atomic E-state index is 0.524. The quantitative estimate of drug-likeness (QED) is 0.808. The fraction of sp³-hybridized carbons (Fsp3) is 0.250. The Morgan fingerprint density at radius 3 is 2.94 bits per heavy atom. The molecule has 0 bridgehead atoms. The average molecular weight is 234 g/mol. The van der Waals surface area contributed by atoms with E-state index in [9.17, 15) is 0 Å². The van der Waals surface area contributed by atoms with Crippen molar-refractivity contribution in [3.8, 4) is 0 Å². The van der Waals surface area contributed by atoms with Crippen LogP contribution in [-0.4, -0.2) is 11.6 Å². The Morgan fingerprint density at radius 2 is 2.19 bits per heavy atom. The summed E-state index contributed by atoms with van der Waals surface area (Å²) in [4.78, 5) is 5.51. The second-order valence-corrected chi connectivity index (χ2v) is 4.47. The number of pyridine rings is 1. The van der Waals surface area contributed by atoms with E-state index in [-0.39, 0.29) is 0 Å². The Hall–Kier alpha value is -1.39. The minimum atomic E-state index is 0.524. The van der Waals surface area contributed by atoms with E-state index in [0.717, 1.165) is 18.7 Å². The van der Waals surface area contributed by atoms with Crippen LogP contribution in [0.1, 0.15) is 10.6 Å². The first-order valence-electron chi connectivity index (χ1n) is 5.16. The molecule has 2 rings (SSSR count). The lowest BCUT2D eigenvalue weighted by atomic mass is 10.3. The van der Waals surface area contributed by atoms with Gasteiger partial charge in [0.15, 0.2) is 0 Å². The molecule has 0 atom stereocenters. The van der Waals surface area contributed by atoms with Gasteiger partial charge >= 0.3 is 0 Å². The summed E-state index contributed by atoms with van der Waals surface area (Å²) in [5.74, 6) is 0.541. The number of aromatic nitrogens is 1. The number of nitrogens with zero attached hydrogens (tertiary/aromatic N) is 1. The van der Waals surface area contributed by atoms with E-state index in [2.05, 4.69) is 22.5 Å². The summed E-state index contributed by atoms with van der Waals surface area (Å²) in [5.41, 5.74) is 6.46. The predicted molar refractivity (Wildman–Crippen MR) is 66.3 cm³/mol. The smallest absolute Gasteiger partial charge is 0.123 e. The van der Waals surface area contributed by atoms with Crippen molar-refractivity contribution in [3.05, 3.63) is 46.3 Å². The summed E-state index contributed by atoms with van der Waals surface area (Å²) in [6.45, 7) is 1.24. The van der Waals surface area contributed by atoms with Gasteiger partial charge in [-0.15, -0.1) is 11.3 Å². The lowest BCUT2D eigenvalue weighted by Crippen LogP contribution is -2.01. The van der Waals surface area contributed by atoms with Gasteiger partial charge in [0.2, 0.25) is 0 Å². The molecule has 0 aliphatic carbocycles. The molecule has 3 nitrogen and oxygen atoms in total. The second-order valence-electron chi connectivity index (χ2n) is 3.44. The first-order valence-corrected chi connectivity index (χ1v) is 6.04. The van der Waals surface area contributed by atoms with Crippen molar-refractivity contribution in [2.75, 3.05) is 12.3 Å². The summed E-state index contributed by atoms with van der Waals surface area (Å²) in [6.07, 6.45) is 0.958. The van der Waals surface area contributed by atoms with E-state index >= 15 is 0 Å². The van der Waals surface area contributed by atoms with Crippen LogP contribution in [0.3, 0.4) is 0 Å². The highest BCUT2D eigenvalue weighted by Gasteiger charge is 1.97. The van der Waals surface area contributed by atoms with Gasteiger partial charge in [-0.05, 0) is 23.6 Å². The van der Waals surface area contributed by atoms with E-state index in [1.54, 1.807) is 17.4 Å². The highest BCUT2D eigenvalue weighted by Crippen LogP contribution is 2.09. The molecule has 2 heterocycles. The van der Waals surface area contributed by atoms with Crippen LogP contribution in [0.15, 0.2) is 35.7 Å². The van der Waals surface area contributed by atoms with Gasteiger partial charge in [0.05, 0.1) is 18.9 Å². The maximum atomic E-state index is 5.58. The summed E-state index contributed by atoms with van der Waals surface area (Å²) < 4.78 is 5.54. The molecule has 0 radical (unpaired) electrons. The van der Waals surface area contributed by atoms with Crippen molar-refractivity contribution in [2.24, 2.45) is 0 Å². The number of anilines is 1. The van der Waals surface area contributed by atoms with Crippen LogP contribution in [-0.2, 0) is 17.8 Å². The zero-order chi connectivity index (χ0) is 11.2. The van der Waals surface area contributed by atoms with Crippen molar-refractivity contribution in [3.63, 3.8) is 0 Å². The van der Waals surface area contributed by atoms with Crippen molar-refractivity contribution in [2.45, 2.75) is 13.0 Å². The van der Waals surface area contributed by atoms with Gasteiger partial charge in [0.25, 0.3) is 0 Å². The Balaban J connectivity index is 1.72. The third kappa shape index (κ3) is 3.32. The summed E-state index contributed by atoms with van der Waals surface area (Å²) in [5, 5.41) is 2.08. The number of thiophene rings is 1. The van der Waals surface area contributed by atoms with Gasteiger partial charge in [-0.25, -0.2) is 4.98 Å². The number of hydrogen-bond acceptors (Lipinski definition) is 4. The topological polar surface area (TPSA) is 48.1 Å². The van der Waals surface area contributed by atoms with Crippen LogP contribution >= 0.6 is 11.3 Å². The van der Waals surface area contributed by atoms with Gasteiger partial charge in [0.1, 0.15) is 5.82 Å². The van der Waals surface area contributed by atoms with Crippen LogP contribution in [0.4, 0.5) is 5.82 Å². The average Bonchev–Trinajstić information content (AvgIpc) is 2.77. The zero-order valence-electron chi connectivity index (χ0n) is 8.93. The van der Waals surface area contributed by atoms with Crippen molar-refractivity contribution in [1.82, 2.24) is 4.98 Å². The van der Waals surface area contributed by atoms with E-state index in [1.165, 1.54) is 4.88 Å². The molecular weight excluding hydrogens is 220 g/mol. The fourth-order valence-electron chi connectivity index (χ4n) is 1.38. The molecule has 0 fully saturated rings. The molecule has 4 heteroatoms. The van der Waals surface area contributed by atoms with Crippen molar-refractivity contribution in [1.29, 1.82) is 0 Å². The fourth-order valence-corrected chi connectivity index (χ4v) is 2.07. The third-order valence-corrected chi connectivity index (χ3v) is 3.09. The van der Waals surface area contributed by atoms with Crippen LogP contribution in [0.5, 0.6) is 0 Å². The molecule has 0 amide bonds. The molecule has 84 valence electrons. The highest BCUT2D eigenvalue weighted by molar-refractivity contribution is 7.09. The normalized spacial score (nSPS) is 10.5. The van der Waals surface area contributed by atoms with Crippen molar-refractivity contribution >= 4 is 17.2 Å². The van der Waals surface area contributed by atoms with Crippen LogP contribution in [0.25, 0.3) is 0 Å². The Kier molecular flexibility index (Phi) is 3.91. The largest absolute Gasteiger partial charge is 0.384 e. The minimum Gasteiger partial charge on any atom is -0.384 e. The van der Waals surface area contributed by atoms with E-state index < -0.39 is 0 Å². The van der Waals surface area contributed by atoms with E-state index in [4.69, 9.17) is 10.5 Å². The number of hydrogen-bond donors (Lipinski definition) is 1. The molecule has 0 unspecified atom stereocenters. The Bertz CT molecular complexity index is 428. The van der Waals surface area contributed by atoms with Gasteiger partial charge in [-0.1, -0.05) is 12.1 Å². The molecule has 0 saturated carbocycles. The molecule has 0 aliphatic rings. The molecule has 2 aromatic heterocycles. The molecule has 2 N–H and O–H groups in total. The number of nitrogen functional groups attached to an aromatic ring is 1. The maximum Gasteiger partial charge on any atom is 0.123 e. The maximum absolute atomic E-state index is 5.58. The van der Waals surface area contributed by atoms with Gasteiger partial charge in [-0.3, -0.25) is 0 Å². The Labute approximate surface area is 98.9 Å². The molecule has 0 aliphatic heterocycles. The zero-order valence-corrected chi connectivity index (χ0v) is 9.74. The van der Waals surface area contributed by atoms with Gasteiger partial charge in [-0.2, -0.15) is 0 Å². The summed E-state index contributed by atoms with van der Waals surface area (Å²) >= 11 is 1.76. The summed E-state index contributed by atoms with van der Waals surface area (Å²) in [6, 6.07) is 9.75. The molecule has 16 heavy (non-hydrogen) atoms. The monoisotopic (exact) mass is 234 g/mol.